The molecule has 0 fully saturated rings. The van der Waals surface area contributed by atoms with Crippen molar-refractivity contribution in [3.05, 3.63) is 53.1 Å². The van der Waals surface area contributed by atoms with E-state index in [-0.39, 0.29) is 12.0 Å². The van der Waals surface area contributed by atoms with Crippen LogP contribution in [0.4, 0.5) is 15.6 Å². The lowest BCUT2D eigenvalue weighted by atomic mass is 10.1. The molecule has 2 aromatic carbocycles. The number of esters is 1. The smallest absolute Gasteiger partial charge is 0.338 e. The third kappa shape index (κ3) is 4.00. The van der Waals surface area contributed by atoms with Gasteiger partial charge in [-0.2, -0.15) is 0 Å². The zero-order valence-corrected chi connectivity index (χ0v) is 15.6. The second-order valence-electron chi connectivity index (χ2n) is 5.80. The Kier molecular flexibility index (Phi) is 5.18. The molecule has 134 valence electrons. The summed E-state index contributed by atoms with van der Waals surface area (Å²) in [6.45, 7) is 6.10. The van der Waals surface area contributed by atoms with Crippen molar-refractivity contribution in [2.75, 3.05) is 17.2 Å². The van der Waals surface area contributed by atoms with Crippen molar-refractivity contribution in [3.63, 3.8) is 0 Å². The number of benzene rings is 2. The molecule has 0 aliphatic carbocycles. The fraction of sp³-hybridized carbons (Fsp3) is 0.211. The molecule has 0 spiro atoms. The number of hydrogen-bond donors (Lipinski definition) is 2. The van der Waals surface area contributed by atoms with Gasteiger partial charge in [-0.25, -0.2) is 14.6 Å². The number of urea groups is 1. The summed E-state index contributed by atoms with van der Waals surface area (Å²) in [5, 5.41) is 5.98. The maximum Gasteiger partial charge on any atom is 0.338 e. The molecule has 3 rings (SSSR count). The number of carbonyl (C=O) groups is 2. The van der Waals surface area contributed by atoms with Gasteiger partial charge in [-0.05, 0) is 62.2 Å². The molecule has 1 aromatic heterocycles. The van der Waals surface area contributed by atoms with Crippen LogP contribution in [0.25, 0.3) is 10.2 Å². The Morgan fingerprint density at radius 2 is 1.88 bits per heavy atom. The average molecular weight is 369 g/mol. The first-order valence-electron chi connectivity index (χ1n) is 8.19. The predicted molar refractivity (Wildman–Crippen MR) is 104 cm³/mol. The van der Waals surface area contributed by atoms with E-state index in [1.165, 1.54) is 16.9 Å². The monoisotopic (exact) mass is 369 g/mol. The van der Waals surface area contributed by atoms with Crippen molar-refractivity contribution in [2.45, 2.75) is 20.8 Å². The summed E-state index contributed by atoms with van der Waals surface area (Å²) in [6.07, 6.45) is 0. The van der Waals surface area contributed by atoms with E-state index in [9.17, 15) is 9.59 Å². The summed E-state index contributed by atoms with van der Waals surface area (Å²) in [6, 6.07) is 10.5. The van der Waals surface area contributed by atoms with Gasteiger partial charge in [-0.1, -0.05) is 17.4 Å². The molecule has 26 heavy (non-hydrogen) atoms. The van der Waals surface area contributed by atoms with Gasteiger partial charge in [0.1, 0.15) is 0 Å². The van der Waals surface area contributed by atoms with Crippen LogP contribution in [0.5, 0.6) is 0 Å². The van der Waals surface area contributed by atoms with Crippen molar-refractivity contribution >= 4 is 44.4 Å². The fourth-order valence-corrected chi connectivity index (χ4v) is 3.30. The first-order chi connectivity index (χ1) is 12.5. The first-order valence-corrected chi connectivity index (χ1v) is 9.01. The highest BCUT2D eigenvalue weighted by molar-refractivity contribution is 7.22. The zero-order valence-electron chi connectivity index (χ0n) is 14.8. The summed E-state index contributed by atoms with van der Waals surface area (Å²) in [7, 11) is 0. The number of anilines is 2. The molecule has 0 aliphatic rings. The summed E-state index contributed by atoms with van der Waals surface area (Å²) < 4.78 is 5.80. The van der Waals surface area contributed by atoms with Gasteiger partial charge < -0.3 is 10.1 Å². The van der Waals surface area contributed by atoms with Crippen LogP contribution in [0.15, 0.2) is 36.4 Å². The molecule has 0 saturated heterocycles. The molecule has 0 aliphatic heterocycles. The molecule has 2 amide bonds. The van der Waals surface area contributed by atoms with Gasteiger partial charge in [0, 0.05) is 5.69 Å². The highest BCUT2D eigenvalue weighted by Gasteiger charge is 2.12. The second-order valence-corrected chi connectivity index (χ2v) is 6.83. The molecule has 0 bridgehead atoms. The van der Waals surface area contributed by atoms with Crippen molar-refractivity contribution in [3.8, 4) is 0 Å². The van der Waals surface area contributed by atoms with Gasteiger partial charge in [-0.15, -0.1) is 0 Å². The fourth-order valence-electron chi connectivity index (χ4n) is 2.40. The average Bonchev–Trinajstić information content (AvgIpc) is 2.99. The van der Waals surface area contributed by atoms with Crippen LogP contribution in [0.1, 0.15) is 28.4 Å². The Labute approximate surface area is 155 Å². The van der Waals surface area contributed by atoms with Crippen molar-refractivity contribution in [1.29, 1.82) is 0 Å². The Bertz CT molecular complexity index is 981. The van der Waals surface area contributed by atoms with E-state index in [1.54, 1.807) is 25.1 Å². The zero-order chi connectivity index (χ0) is 18.7. The van der Waals surface area contributed by atoms with Crippen LogP contribution in [0, 0.1) is 13.8 Å². The summed E-state index contributed by atoms with van der Waals surface area (Å²) >= 11 is 1.30. The number of aryl methyl sites for hydroxylation is 2. The van der Waals surface area contributed by atoms with Gasteiger partial charge in [0.2, 0.25) is 0 Å². The molecule has 1 heterocycles. The lowest BCUT2D eigenvalue weighted by Crippen LogP contribution is -2.19. The van der Waals surface area contributed by atoms with E-state index in [0.717, 1.165) is 16.0 Å². The SMILES string of the molecule is CCOC(=O)c1ccc2nc(NC(=O)Nc3ccc(C)c(C)c3)sc2c1. The van der Waals surface area contributed by atoms with Gasteiger partial charge in [-0.3, -0.25) is 5.32 Å². The van der Waals surface area contributed by atoms with Gasteiger partial charge >= 0.3 is 12.0 Å². The molecule has 0 atom stereocenters. The van der Waals surface area contributed by atoms with E-state index in [0.29, 0.717) is 22.8 Å². The maximum absolute atomic E-state index is 12.2. The number of aromatic nitrogens is 1. The van der Waals surface area contributed by atoms with Crippen molar-refractivity contribution in [2.24, 2.45) is 0 Å². The molecule has 0 saturated carbocycles. The molecule has 0 unspecified atom stereocenters. The predicted octanol–water partition coefficient (Wildman–Crippen LogP) is 4.73. The second kappa shape index (κ2) is 7.53. The first kappa shape index (κ1) is 17.9. The minimum atomic E-state index is -0.371. The standard InChI is InChI=1S/C19H19N3O3S/c1-4-25-17(23)13-6-8-15-16(10-13)26-19(21-15)22-18(24)20-14-7-5-11(2)12(3)9-14/h5-10H,4H2,1-3H3,(H2,20,21,22,24). The molecule has 6 nitrogen and oxygen atoms in total. The van der Waals surface area contributed by atoms with Gasteiger partial charge in [0.25, 0.3) is 0 Å². The normalized spacial score (nSPS) is 10.6. The molecule has 3 aromatic rings. The van der Waals surface area contributed by atoms with Crippen molar-refractivity contribution < 1.29 is 14.3 Å². The van der Waals surface area contributed by atoms with Crippen LogP contribution in [-0.2, 0) is 4.74 Å². The van der Waals surface area contributed by atoms with E-state index in [2.05, 4.69) is 15.6 Å². The maximum atomic E-state index is 12.2. The molecule has 0 radical (unpaired) electrons. The molecular formula is C19H19N3O3S. The van der Waals surface area contributed by atoms with E-state index in [1.807, 2.05) is 32.0 Å². The Morgan fingerprint density at radius 3 is 2.62 bits per heavy atom. The van der Waals surface area contributed by atoms with E-state index in [4.69, 9.17) is 4.74 Å². The number of ether oxygens (including phenoxy) is 1. The highest BCUT2D eigenvalue weighted by Crippen LogP contribution is 2.27. The molecule has 2 N–H and O–H groups in total. The lowest BCUT2D eigenvalue weighted by molar-refractivity contribution is 0.0526. The number of carbonyl (C=O) groups excluding carboxylic acids is 2. The minimum Gasteiger partial charge on any atom is -0.462 e. The van der Waals surface area contributed by atoms with Crippen LogP contribution in [0.3, 0.4) is 0 Å². The van der Waals surface area contributed by atoms with Gasteiger partial charge in [0.15, 0.2) is 5.13 Å². The highest BCUT2D eigenvalue weighted by atomic mass is 32.1. The van der Waals surface area contributed by atoms with Crippen LogP contribution < -0.4 is 10.6 Å². The topological polar surface area (TPSA) is 80.3 Å². The van der Waals surface area contributed by atoms with Crippen molar-refractivity contribution in [1.82, 2.24) is 4.98 Å². The summed E-state index contributed by atoms with van der Waals surface area (Å²) in [4.78, 5) is 28.4. The van der Waals surface area contributed by atoms with Gasteiger partial charge in [0.05, 0.1) is 22.4 Å². The number of hydrogen-bond acceptors (Lipinski definition) is 5. The Balaban J connectivity index is 1.72. The molecule has 7 heteroatoms. The third-order valence-corrected chi connectivity index (χ3v) is 4.82. The van der Waals surface area contributed by atoms with Crippen LogP contribution in [0.2, 0.25) is 0 Å². The summed E-state index contributed by atoms with van der Waals surface area (Å²) in [5.74, 6) is -0.371. The lowest BCUT2D eigenvalue weighted by Gasteiger charge is -2.07. The Morgan fingerprint density at radius 1 is 1.08 bits per heavy atom. The largest absolute Gasteiger partial charge is 0.462 e. The number of nitrogens with one attached hydrogen (secondary N) is 2. The van der Waals surface area contributed by atoms with Crippen LogP contribution in [-0.4, -0.2) is 23.6 Å². The number of rotatable bonds is 4. The Hall–Kier alpha value is -2.93. The third-order valence-electron chi connectivity index (χ3n) is 3.88. The summed E-state index contributed by atoms with van der Waals surface area (Å²) in [5.41, 5.74) is 4.17. The number of fused-ring (bicyclic) bond motifs is 1. The number of nitrogens with zero attached hydrogens (tertiary/aromatic N) is 1. The molecular weight excluding hydrogens is 350 g/mol. The van der Waals surface area contributed by atoms with E-state index >= 15 is 0 Å². The number of amides is 2. The minimum absolute atomic E-state index is 0.324. The van der Waals surface area contributed by atoms with Crippen LogP contribution >= 0.6 is 11.3 Å². The quantitative estimate of drug-likeness (QED) is 0.651. The number of thiazole rings is 1. The van der Waals surface area contributed by atoms with E-state index < -0.39 is 0 Å².